The summed E-state index contributed by atoms with van der Waals surface area (Å²) in [6.07, 6.45) is 0.892. The zero-order valence-corrected chi connectivity index (χ0v) is 16.2. The summed E-state index contributed by atoms with van der Waals surface area (Å²) in [6.45, 7) is 4.02. The minimum absolute atomic E-state index is 0.0764. The average molecular weight is 377 g/mol. The highest BCUT2D eigenvalue weighted by atomic mass is 16.5. The topological polar surface area (TPSA) is 73.3 Å². The quantitative estimate of drug-likeness (QED) is 0.657. The zero-order valence-electron chi connectivity index (χ0n) is 16.2. The molecule has 0 aliphatic rings. The molecule has 3 aromatic rings. The summed E-state index contributed by atoms with van der Waals surface area (Å²) < 4.78 is 11.0. The molecule has 2 aromatic carbocycles. The number of benzene rings is 2. The van der Waals surface area contributed by atoms with Gasteiger partial charge in [-0.2, -0.15) is 0 Å². The molecule has 0 aliphatic heterocycles. The fourth-order valence-electron chi connectivity index (χ4n) is 2.55. The highest BCUT2D eigenvalue weighted by Crippen LogP contribution is 2.30. The van der Waals surface area contributed by atoms with Crippen molar-refractivity contribution in [2.45, 2.75) is 26.3 Å². The molecule has 1 amide bonds. The maximum Gasteiger partial charge on any atom is 0.251 e. The standard InChI is InChI=1S/C22H23N3O3/c1-4-15(2)23-22(26)17-11-9-16(10-12-17)18-13-14-21(25-24-18)28-20-8-6-5-7-19(20)27-3/h5-15H,4H2,1-3H3,(H,23,26)/t15-/m1/s1. The van der Waals surface area contributed by atoms with Crippen molar-refractivity contribution in [3.8, 4) is 28.6 Å². The number of hydrogen-bond acceptors (Lipinski definition) is 5. The van der Waals surface area contributed by atoms with Gasteiger partial charge in [-0.05, 0) is 43.7 Å². The lowest BCUT2D eigenvalue weighted by molar-refractivity contribution is 0.0939. The lowest BCUT2D eigenvalue weighted by Crippen LogP contribution is -2.31. The van der Waals surface area contributed by atoms with E-state index < -0.39 is 0 Å². The molecule has 6 heteroatoms. The molecule has 1 atom stereocenters. The largest absolute Gasteiger partial charge is 0.493 e. The van der Waals surface area contributed by atoms with Gasteiger partial charge in [0, 0.05) is 23.2 Å². The zero-order chi connectivity index (χ0) is 19.9. The van der Waals surface area contributed by atoms with Crippen LogP contribution in [-0.4, -0.2) is 29.3 Å². The number of carbonyl (C=O) groups excluding carboxylic acids is 1. The van der Waals surface area contributed by atoms with Crippen molar-refractivity contribution < 1.29 is 14.3 Å². The predicted molar refractivity (Wildman–Crippen MR) is 108 cm³/mol. The van der Waals surface area contributed by atoms with Crippen LogP contribution in [-0.2, 0) is 0 Å². The van der Waals surface area contributed by atoms with Gasteiger partial charge in [0.25, 0.3) is 5.91 Å². The van der Waals surface area contributed by atoms with E-state index in [0.717, 1.165) is 12.0 Å². The first-order valence-electron chi connectivity index (χ1n) is 9.16. The van der Waals surface area contributed by atoms with Crippen LogP contribution in [0.5, 0.6) is 17.4 Å². The van der Waals surface area contributed by atoms with Gasteiger partial charge in [-0.15, -0.1) is 10.2 Å². The lowest BCUT2D eigenvalue weighted by atomic mass is 10.1. The van der Waals surface area contributed by atoms with E-state index in [2.05, 4.69) is 15.5 Å². The molecule has 1 N–H and O–H groups in total. The molecule has 0 aliphatic carbocycles. The van der Waals surface area contributed by atoms with Gasteiger partial charge in [-0.25, -0.2) is 0 Å². The van der Waals surface area contributed by atoms with Crippen LogP contribution in [0.3, 0.4) is 0 Å². The molecule has 0 radical (unpaired) electrons. The first-order chi connectivity index (χ1) is 13.6. The van der Waals surface area contributed by atoms with Gasteiger partial charge in [-0.3, -0.25) is 4.79 Å². The highest BCUT2D eigenvalue weighted by molar-refractivity contribution is 5.94. The Morgan fingerprint density at radius 2 is 1.71 bits per heavy atom. The van der Waals surface area contributed by atoms with Gasteiger partial charge >= 0.3 is 0 Å². The minimum Gasteiger partial charge on any atom is -0.493 e. The third-order valence-corrected chi connectivity index (χ3v) is 4.36. The van der Waals surface area contributed by atoms with E-state index in [4.69, 9.17) is 9.47 Å². The number of hydrogen-bond donors (Lipinski definition) is 1. The van der Waals surface area contributed by atoms with Gasteiger partial charge in [0.15, 0.2) is 11.5 Å². The van der Waals surface area contributed by atoms with Crippen molar-refractivity contribution in [3.05, 3.63) is 66.2 Å². The number of nitrogens with zero attached hydrogens (tertiary/aromatic N) is 2. The van der Waals surface area contributed by atoms with Crippen LogP contribution in [0.1, 0.15) is 30.6 Å². The Kier molecular flexibility index (Phi) is 6.22. The second-order valence-corrected chi connectivity index (χ2v) is 6.37. The van der Waals surface area contributed by atoms with Crippen molar-refractivity contribution in [2.75, 3.05) is 7.11 Å². The monoisotopic (exact) mass is 377 g/mol. The Balaban J connectivity index is 1.70. The first kappa shape index (κ1) is 19.4. The van der Waals surface area contributed by atoms with Crippen LogP contribution < -0.4 is 14.8 Å². The molecule has 0 bridgehead atoms. The van der Waals surface area contributed by atoms with Gasteiger partial charge in [0.1, 0.15) is 0 Å². The summed E-state index contributed by atoms with van der Waals surface area (Å²) in [4.78, 5) is 12.2. The summed E-state index contributed by atoms with van der Waals surface area (Å²) in [6, 6.07) is 18.4. The minimum atomic E-state index is -0.0764. The van der Waals surface area contributed by atoms with E-state index in [-0.39, 0.29) is 11.9 Å². The number of nitrogens with one attached hydrogen (secondary N) is 1. The summed E-state index contributed by atoms with van der Waals surface area (Å²) in [7, 11) is 1.59. The van der Waals surface area contributed by atoms with E-state index in [1.54, 1.807) is 31.4 Å². The predicted octanol–water partition coefficient (Wildman–Crippen LogP) is 4.47. The van der Waals surface area contributed by atoms with Gasteiger partial charge in [-0.1, -0.05) is 31.2 Å². The van der Waals surface area contributed by atoms with Crippen LogP contribution in [0, 0.1) is 0 Å². The summed E-state index contributed by atoms with van der Waals surface area (Å²) >= 11 is 0. The molecule has 0 saturated carbocycles. The summed E-state index contributed by atoms with van der Waals surface area (Å²) in [5.74, 6) is 1.49. The average Bonchev–Trinajstić information content (AvgIpc) is 2.74. The Labute approximate surface area is 164 Å². The SMILES string of the molecule is CC[C@@H](C)NC(=O)c1ccc(-c2ccc(Oc3ccccc3OC)nn2)cc1. The number of aromatic nitrogens is 2. The van der Waals surface area contributed by atoms with E-state index in [0.29, 0.717) is 28.6 Å². The molecule has 1 aromatic heterocycles. The number of amides is 1. The Hall–Kier alpha value is -3.41. The van der Waals surface area contributed by atoms with Crippen molar-refractivity contribution in [2.24, 2.45) is 0 Å². The summed E-state index contributed by atoms with van der Waals surface area (Å²) in [5.41, 5.74) is 2.19. The Bertz CT molecular complexity index is 925. The second-order valence-electron chi connectivity index (χ2n) is 6.37. The smallest absolute Gasteiger partial charge is 0.251 e. The molecular weight excluding hydrogens is 354 g/mol. The molecule has 144 valence electrons. The van der Waals surface area contributed by atoms with Gasteiger partial charge < -0.3 is 14.8 Å². The summed E-state index contributed by atoms with van der Waals surface area (Å²) in [5, 5.41) is 11.3. The number of methoxy groups -OCH3 is 1. The molecular formula is C22H23N3O3. The van der Waals surface area contributed by atoms with Crippen LogP contribution in [0.15, 0.2) is 60.7 Å². The highest BCUT2D eigenvalue weighted by Gasteiger charge is 2.10. The molecule has 0 spiro atoms. The maximum atomic E-state index is 12.2. The number of carbonyl (C=O) groups is 1. The molecule has 0 saturated heterocycles. The molecule has 28 heavy (non-hydrogen) atoms. The fourth-order valence-corrected chi connectivity index (χ4v) is 2.55. The fraction of sp³-hybridized carbons (Fsp3) is 0.227. The third-order valence-electron chi connectivity index (χ3n) is 4.36. The van der Waals surface area contributed by atoms with Gasteiger partial charge in [0.2, 0.25) is 5.88 Å². The number of rotatable bonds is 7. The molecule has 0 unspecified atom stereocenters. The molecule has 1 heterocycles. The second kappa shape index (κ2) is 8.99. The lowest BCUT2D eigenvalue weighted by Gasteiger charge is -2.11. The van der Waals surface area contributed by atoms with E-state index in [9.17, 15) is 4.79 Å². The molecule has 3 rings (SSSR count). The number of ether oxygens (including phenoxy) is 2. The van der Waals surface area contributed by atoms with Crippen molar-refractivity contribution >= 4 is 5.91 Å². The van der Waals surface area contributed by atoms with E-state index in [1.807, 2.05) is 50.2 Å². The van der Waals surface area contributed by atoms with Crippen LogP contribution in [0.2, 0.25) is 0 Å². The van der Waals surface area contributed by atoms with Gasteiger partial charge in [0.05, 0.1) is 12.8 Å². The first-order valence-corrected chi connectivity index (χ1v) is 9.16. The molecule has 6 nitrogen and oxygen atoms in total. The normalized spacial score (nSPS) is 11.5. The van der Waals surface area contributed by atoms with Crippen molar-refractivity contribution in [1.82, 2.24) is 15.5 Å². The number of para-hydroxylation sites is 2. The van der Waals surface area contributed by atoms with E-state index in [1.165, 1.54) is 0 Å². The Morgan fingerprint density at radius 1 is 1.00 bits per heavy atom. The van der Waals surface area contributed by atoms with Crippen molar-refractivity contribution in [3.63, 3.8) is 0 Å². The Morgan fingerprint density at radius 3 is 2.32 bits per heavy atom. The third kappa shape index (κ3) is 4.65. The van der Waals surface area contributed by atoms with E-state index >= 15 is 0 Å². The van der Waals surface area contributed by atoms with Crippen LogP contribution in [0.4, 0.5) is 0 Å². The van der Waals surface area contributed by atoms with Crippen molar-refractivity contribution in [1.29, 1.82) is 0 Å². The van der Waals surface area contributed by atoms with Crippen LogP contribution in [0.25, 0.3) is 11.3 Å². The molecule has 0 fully saturated rings. The van der Waals surface area contributed by atoms with Crippen LogP contribution >= 0.6 is 0 Å². The maximum absolute atomic E-state index is 12.2.